The lowest BCUT2D eigenvalue weighted by Gasteiger charge is -2.38. The van der Waals surface area contributed by atoms with E-state index in [1.165, 1.54) is 19.3 Å². The van der Waals surface area contributed by atoms with Crippen LogP contribution in [0.4, 0.5) is 4.79 Å². The third-order valence-electron chi connectivity index (χ3n) is 4.08. The molecule has 0 radical (unpaired) electrons. The molecule has 2 rings (SSSR count). The first kappa shape index (κ1) is 16.2. The van der Waals surface area contributed by atoms with Gasteiger partial charge >= 0.3 is 6.03 Å². The molecule has 6 heteroatoms. The first-order valence-corrected chi connectivity index (χ1v) is 8.62. The SMILES string of the molecule is Cc1nc(CNC(=O)NC[C@@H](C)N2CCCC[C@@H]2C)cs1. The maximum atomic E-state index is 11.8. The third-order valence-corrected chi connectivity index (χ3v) is 4.90. The number of urea groups is 1. The van der Waals surface area contributed by atoms with Crippen molar-refractivity contribution in [1.82, 2.24) is 20.5 Å². The van der Waals surface area contributed by atoms with Gasteiger partial charge in [0, 0.05) is 24.0 Å². The Labute approximate surface area is 131 Å². The van der Waals surface area contributed by atoms with Crippen LogP contribution in [-0.4, -0.2) is 41.1 Å². The molecule has 0 unspecified atom stereocenters. The molecule has 5 nitrogen and oxygen atoms in total. The molecule has 2 atom stereocenters. The minimum Gasteiger partial charge on any atom is -0.337 e. The Morgan fingerprint density at radius 1 is 1.52 bits per heavy atom. The summed E-state index contributed by atoms with van der Waals surface area (Å²) in [5, 5.41) is 8.83. The van der Waals surface area contributed by atoms with E-state index < -0.39 is 0 Å². The lowest BCUT2D eigenvalue weighted by Crippen LogP contribution is -2.49. The highest BCUT2D eigenvalue weighted by molar-refractivity contribution is 7.09. The van der Waals surface area contributed by atoms with Crippen LogP contribution < -0.4 is 10.6 Å². The fraction of sp³-hybridized carbons (Fsp3) is 0.733. The van der Waals surface area contributed by atoms with Crippen LogP contribution in [-0.2, 0) is 6.54 Å². The molecule has 0 bridgehead atoms. The Morgan fingerprint density at radius 2 is 2.33 bits per heavy atom. The van der Waals surface area contributed by atoms with Gasteiger partial charge in [0.1, 0.15) is 0 Å². The van der Waals surface area contributed by atoms with Crippen molar-refractivity contribution in [3.05, 3.63) is 16.1 Å². The summed E-state index contributed by atoms with van der Waals surface area (Å²) >= 11 is 1.60. The number of aryl methyl sites for hydroxylation is 1. The van der Waals surface area contributed by atoms with E-state index in [9.17, 15) is 4.79 Å². The zero-order valence-corrected chi connectivity index (χ0v) is 14.0. The minimum absolute atomic E-state index is 0.114. The summed E-state index contributed by atoms with van der Waals surface area (Å²) in [4.78, 5) is 18.6. The van der Waals surface area contributed by atoms with Crippen molar-refractivity contribution in [2.75, 3.05) is 13.1 Å². The molecule has 2 N–H and O–H groups in total. The molecule has 2 heterocycles. The van der Waals surface area contributed by atoms with E-state index in [1.54, 1.807) is 11.3 Å². The van der Waals surface area contributed by atoms with Crippen LogP contribution in [0.2, 0.25) is 0 Å². The predicted octanol–water partition coefficient (Wildman–Crippen LogP) is 2.51. The van der Waals surface area contributed by atoms with E-state index in [0.717, 1.165) is 17.2 Å². The Kier molecular flexibility index (Phi) is 5.99. The van der Waals surface area contributed by atoms with Crippen LogP contribution >= 0.6 is 11.3 Å². The quantitative estimate of drug-likeness (QED) is 0.878. The van der Waals surface area contributed by atoms with Gasteiger partial charge in [-0.2, -0.15) is 0 Å². The van der Waals surface area contributed by atoms with Crippen molar-refractivity contribution in [3.8, 4) is 0 Å². The highest BCUT2D eigenvalue weighted by Crippen LogP contribution is 2.18. The van der Waals surface area contributed by atoms with E-state index in [0.29, 0.717) is 25.2 Å². The molecule has 1 saturated heterocycles. The zero-order valence-electron chi connectivity index (χ0n) is 13.2. The topological polar surface area (TPSA) is 57.3 Å². The van der Waals surface area contributed by atoms with Crippen molar-refractivity contribution < 1.29 is 4.79 Å². The zero-order chi connectivity index (χ0) is 15.2. The molecule has 1 aliphatic rings. The van der Waals surface area contributed by atoms with Crippen LogP contribution in [0.3, 0.4) is 0 Å². The molecule has 118 valence electrons. The number of carbonyl (C=O) groups is 1. The normalized spacial score (nSPS) is 21.0. The van der Waals surface area contributed by atoms with E-state index >= 15 is 0 Å². The molecule has 0 aliphatic carbocycles. The Bertz CT molecular complexity index is 462. The maximum Gasteiger partial charge on any atom is 0.315 e. The number of aromatic nitrogens is 1. The highest BCUT2D eigenvalue weighted by atomic mass is 32.1. The Hall–Kier alpha value is -1.14. The predicted molar refractivity (Wildman–Crippen MR) is 86.6 cm³/mol. The van der Waals surface area contributed by atoms with Gasteiger partial charge in [-0.05, 0) is 40.2 Å². The fourth-order valence-corrected chi connectivity index (χ4v) is 3.47. The van der Waals surface area contributed by atoms with Gasteiger partial charge < -0.3 is 10.6 Å². The molecule has 2 amide bonds. The molecule has 0 saturated carbocycles. The maximum absolute atomic E-state index is 11.8. The van der Waals surface area contributed by atoms with Crippen LogP contribution in [0.5, 0.6) is 0 Å². The smallest absolute Gasteiger partial charge is 0.315 e. The lowest BCUT2D eigenvalue weighted by atomic mass is 10.0. The number of hydrogen-bond acceptors (Lipinski definition) is 4. The van der Waals surface area contributed by atoms with Crippen molar-refractivity contribution in [2.45, 2.75) is 58.7 Å². The van der Waals surface area contributed by atoms with Crippen molar-refractivity contribution in [2.24, 2.45) is 0 Å². The van der Waals surface area contributed by atoms with Gasteiger partial charge in [0.25, 0.3) is 0 Å². The summed E-state index contributed by atoms with van der Waals surface area (Å²) in [6.07, 6.45) is 3.86. The standard InChI is InChI=1S/C15H26N4OS/c1-11-6-4-5-7-19(11)12(2)8-16-15(20)17-9-14-10-21-13(3)18-14/h10-12H,4-9H2,1-3H3,(H2,16,17,20)/t11-,12+/m0/s1. The van der Waals surface area contributed by atoms with Gasteiger partial charge in [-0.15, -0.1) is 11.3 Å². The number of nitrogens with one attached hydrogen (secondary N) is 2. The monoisotopic (exact) mass is 310 g/mol. The second-order valence-corrected chi connectivity index (χ2v) is 6.92. The molecular formula is C15H26N4OS. The molecule has 1 fully saturated rings. The first-order valence-electron chi connectivity index (χ1n) is 7.74. The number of thiazole rings is 1. The third kappa shape index (κ3) is 4.97. The van der Waals surface area contributed by atoms with E-state index in [-0.39, 0.29) is 6.03 Å². The van der Waals surface area contributed by atoms with Crippen LogP contribution in [0.15, 0.2) is 5.38 Å². The first-order chi connectivity index (χ1) is 10.1. The van der Waals surface area contributed by atoms with Gasteiger partial charge in [-0.3, -0.25) is 4.90 Å². The number of likely N-dealkylation sites (tertiary alicyclic amines) is 1. The van der Waals surface area contributed by atoms with Crippen molar-refractivity contribution >= 4 is 17.4 Å². The van der Waals surface area contributed by atoms with Crippen molar-refractivity contribution in [3.63, 3.8) is 0 Å². The highest BCUT2D eigenvalue weighted by Gasteiger charge is 2.23. The Balaban J connectivity index is 1.68. The average molecular weight is 310 g/mol. The van der Waals surface area contributed by atoms with Crippen molar-refractivity contribution in [1.29, 1.82) is 0 Å². The summed E-state index contributed by atoms with van der Waals surface area (Å²) < 4.78 is 0. The van der Waals surface area contributed by atoms with Gasteiger partial charge in [0.2, 0.25) is 0 Å². The molecular weight excluding hydrogens is 284 g/mol. The average Bonchev–Trinajstić information content (AvgIpc) is 2.89. The van der Waals surface area contributed by atoms with Gasteiger partial charge in [-0.1, -0.05) is 6.42 Å². The van der Waals surface area contributed by atoms with Gasteiger partial charge in [0.15, 0.2) is 0 Å². The molecule has 1 aliphatic heterocycles. The number of nitrogens with zero attached hydrogens (tertiary/aromatic N) is 2. The van der Waals surface area contributed by atoms with Gasteiger partial charge in [0.05, 0.1) is 17.2 Å². The fourth-order valence-electron chi connectivity index (χ4n) is 2.86. The number of amides is 2. The largest absolute Gasteiger partial charge is 0.337 e. The number of piperidine rings is 1. The second-order valence-electron chi connectivity index (χ2n) is 5.85. The number of carbonyl (C=O) groups excluding carboxylic acids is 1. The lowest BCUT2D eigenvalue weighted by molar-refractivity contribution is 0.114. The van der Waals surface area contributed by atoms with E-state index in [1.807, 2.05) is 12.3 Å². The summed E-state index contributed by atoms with van der Waals surface area (Å²) in [5.74, 6) is 0. The van der Waals surface area contributed by atoms with Gasteiger partial charge in [-0.25, -0.2) is 9.78 Å². The summed E-state index contributed by atoms with van der Waals surface area (Å²) in [7, 11) is 0. The molecule has 1 aromatic rings. The minimum atomic E-state index is -0.114. The number of hydrogen-bond donors (Lipinski definition) is 2. The molecule has 0 aromatic carbocycles. The summed E-state index contributed by atoms with van der Waals surface area (Å²) in [5.41, 5.74) is 0.922. The van der Waals surface area contributed by atoms with E-state index in [2.05, 4.69) is 34.4 Å². The molecule has 0 spiro atoms. The molecule has 1 aromatic heterocycles. The summed E-state index contributed by atoms with van der Waals surface area (Å²) in [6, 6.07) is 0.890. The van der Waals surface area contributed by atoms with Crippen LogP contribution in [0.1, 0.15) is 43.8 Å². The Morgan fingerprint density at radius 3 is 3.00 bits per heavy atom. The molecule has 21 heavy (non-hydrogen) atoms. The second kappa shape index (κ2) is 7.75. The van der Waals surface area contributed by atoms with Crippen LogP contribution in [0, 0.1) is 6.92 Å². The summed E-state index contributed by atoms with van der Waals surface area (Å²) in [6.45, 7) is 8.75. The van der Waals surface area contributed by atoms with Crippen LogP contribution in [0.25, 0.3) is 0 Å². The van der Waals surface area contributed by atoms with E-state index in [4.69, 9.17) is 0 Å². The number of rotatable bonds is 5.